The Hall–Kier alpha value is -3.85. The number of nitrogens with one attached hydrogen (secondary N) is 1. The molecule has 4 rings (SSSR count). The molecule has 3 aromatic carbocycles. The molecule has 0 spiro atoms. The number of nitrogens with zero attached hydrogens (tertiary/aromatic N) is 2. The maximum Gasteiger partial charge on any atom is 0.264 e. The highest BCUT2D eigenvalue weighted by Crippen LogP contribution is 2.27. The van der Waals surface area contributed by atoms with Crippen LogP contribution >= 0.6 is 0 Å². The second-order valence-corrected chi connectivity index (χ2v) is 13.2. The summed E-state index contributed by atoms with van der Waals surface area (Å²) in [5, 5.41) is 3.18. The molecule has 0 aromatic heterocycles. The molecular formula is C34H43N3O5S. The maximum atomic E-state index is 14.3. The first kappa shape index (κ1) is 32.1. The summed E-state index contributed by atoms with van der Waals surface area (Å²) in [6.45, 7) is 5.49. The van der Waals surface area contributed by atoms with Crippen LogP contribution in [0.2, 0.25) is 0 Å². The minimum atomic E-state index is -4.15. The molecule has 0 saturated heterocycles. The van der Waals surface area contributed by atoms with Gasteiger partial charge in [-0.2, -0.15) is 0 Å². The zero-order chi connectivity index (χ0) is 31.0. The van der Waals surface area contributed by atoms with E-state index in [2.05, 4.69) is 5.32 Å². The highest BCUT2D eigenvalue weighted by Gasteiger charge is 2.34. The fourth-order valence-electron chi connectivity index (χ4n) is 5.59. The maximum absolute atomic E-state index is 14.3. The van der Waals surface area contributed by atoms with Crippen molar-refractivity contribution in [2.45, 2.75) is 82.8 Å². The molecule has 0 radical (unpaired) electrons. The van der Waals surface area contributed by atoms with Crippen molar-refractivity contribution in [2.75, 3.05) is 18.0 Å². The van der Waals surface area contributed by atoms with Crippen LogP contribution in [0.15, 0.2) is 77.7 Å². The zero-order valence-corrected chi connectivity index (χ0v) is 26.4. The van der Waals surface area contributed by atoms with Gasteiger partial charge >= 0.3 is 0 Å². The number of carbonyl (C=O) groups is 2. The number of methoxy groups -OCH3 is 1. The molecule has 1 aliphatic carbocycles. The van der Waals surface area contributed by atoms with Gasteiger partial charge in [0.25, 0.3) is 10.0 Å². The second kappa shape index (κ2) is 14.6. The number of amides is 2. The largest absolute Gasteiger partial charge is 0.497 e. The summed E-state index contributed by atoms with van der Waals surface area (Å²) in [5.74, 6) is -0.129. The van der Waals surface area contributed by atoms with Gasteiger partial charge in [-0.3, -0.25) is 13.9 Å². The van der Waals surface area contributed by atoms with E-state index in [4.69, 9.17) is 4.74 Å². The first-order chi connectivity index (χ1) is 20.6. The van der Waals surface area contributed by atoms with Crippen LogP contribution in [0.3, 0.4) is 0 Å². The average molecular weight is 606 g/mol. The van der Waals surface area contributed by atoms with Crippen molar-refractivity contribution in [3.63, 3.8) is 0 Å². The van der Waals surface area contributed by atoms with E-state index in [0.717, 1.165) is 46.7 Å². The third-order valence-corrected chi connectivity index (χ3v) is 9.81. The number of hydrogen-bond acceptors (Lipinski definition) is 5. The van der Waals surface area contributed by atoms with Crippen LogP contribution in [0.25, 0.3) is 0 Å². The Morgan fingerprint density at radius 3 is 2.21 bits per heavy atom. The molecule has 0 heterocycles. The van der Waals surface area contributed by atoms with Gasteiger partial charge in [-0.1, -0.05) is 73.7 Å². The van der Waals surface area contributed by atoms with Gasteiger partial charge in [0.05, 0.1) is 17.7 Å². The first-order valence-electron chi connectivity index (χ1n) is 15.0. The third-order valence-electron chi connectivity index (χ3n) is 8.02. The molecule has 0 bridgehead atoms. The Bertz CT molecular complexity index is 1480. The number of hydrogen-bond donors (Lipinski definition) is 1. The lowest BCUT2D eigenvalue weighted by molar-refractivity contribution is -0.140. The third kappa shape index (κ3) is 8.16. The van der Waals surface area contributed by atoms with Crippen molar-refractivity contribution in [1.29, 1.82) is 0 Å². The lowest BCUT2D eigenvalue weighted by Crippen LogP contribution is -2.54. The zero-order valence-electron chi connectivity index (χ0n) is 25.6. The van der Waals surface area contributed by atoms with Crippen LogP contribution in [-0.2, 0) is 26.2 Å². The molecule has 0 unspecified atom stereocenters. The fraction of sp³-hybridized carbons (Fsp3) is 0.412. The summed E-state index contributed by atoms with van der Waals surface area (Å²) in [6.07, 6.45) is 5.56. The highest BCUT2D eigenvalue weighted by molar-refractivity contribution is 7.92. The minimum Gasteiger partial charge on any atom is -0.497 e. The number of rotatable bonds is 12. The molecule has 1 N–H and O–H groups in total. The molecule has 1 aliphatic rings. The molecule has 0 aliphatic heterocycles. The van der Waals surface area contributed by atoms with Crippen molar-refractivity contribution in [2.24, 2.45) is 0 Å². The lowest BCUT2D eigenvalue weighted by Gasteiger charge is -2.34. The number of anilines is 1. The van der Waals surface area contributed by atoms with Gasteiger partial charge in [0, 0.05) is 12.6 Å². The predicted molar refractivity (Wildman–Crippen MR) is 170 cm³/mol. The predicted octanol–water partition coefficient (Wildman–Crippen LogP) is 5.76. The lowest BCUT2D eigenvalue weighted by atomic mass is 9.95. The molecular weight excluding hydrogens is 562 g/mol. The van der Waals surface area contributed by atoms with Gasteiger partial charge in [0.2, 0.25) is 11.8 Å². The molecule has 1 saturated carbocycles. The van der Waals surface area contributed by atoms with Crippen molar-refractivity contribution in [3.8, 4) is 5.75 Å². The van der Waals surface area contributed by atoms with E-state index in [0.29, 0.717) is 17.9 Å². The number of sulfonamides is 1. The summed E-state index contributed by atoms with van der Waals surface area (Å²) in [5.41, 5.74) is 3.23. The van der Waals surface area contributed by atoms with Crippen molar-refractivity contribution < 1.29 is 22.7 Å². The Morgan fingerprint density at radius 2 is 1.60 bits per heavy atom. The van der Waals surface area contributed by atoms with Crippen LogP contribution in [-0.4, -0.2) is 50.9 Å². The van der Waals surface area contributed by atoms with Gasteiger partial charge in [-0.25, -0.2) is 8.42 Å². The first-order valence-corrected chi connectivity index (χ1v) is 16.4. The summed E-state index contributed by atoms with van der Waals surface area (Å²) >= 11 is 0. The van der Waals surface area contributed by atoms with Gasteiger partial charge in [0.1, 0.15) is 18.3 Å². The Kier molecular flexibility index (Phi) is 10.9. The van der Waals surface area contributed by atoms with E-state index in [-0.39, 0.29) is 23.4 Å². The molecule has 43 heavy (non-hydrogen) atoms. The van der Waals surface area contributed by atoms with Crippen LogP contribution in [0.4, 0.5) is 5.69 Å². The number of benzene rings is 3. The van der Waals surface area contributed by atoms with Crippen LogP contribution in [0.1, 0.15) is 62.1 Å². The Morgan fingerprint density at radius 1 is 0.930 bits per heavy atom. The summed E-state index contributed by atoms with van der Waals surface area (Å²) in [4.78, 5) is 29.5. The molecule has 8 nitrogen and oxygen atoms in total. The van der Waals surface area contributed by atoms with Gasteiger partial charge < -0.3 is 15.0 Å². The fourth-order valence-corrected chi connectivity index (χ4v) is 7.00. The summed E-state index contributed by atoms with van der Waals surface area (Å²) < 4.78 is 34.4. The van der Waals surface area contributed by atoms with Crippen LogP contribution in [0.5, 0.6) is 5.75 Å². The quantitative estimate of drug-likeness (QED) is 0.283. The Balaban J connectivity index is 1.70. The van der Waals surface area contributed by atoms with E-state index in [9.17, 15) is 18.0 Å². The van der Waals surface area contributed by atoms with Gasteiger partial charge in [0.15, 0.2) is 0 Å². The van der Waals surface area contributed by atoms with Crippen molar-refractivity contribution in [3.05, 3.63) is 89.5 Å². The van der Waals surface area contributed by atoms with E-state index in [1.807, 2.05) is 57.2 Å². The molecule has 3 aromatic rings. The normalized spacial score (nSPS) is 14.5. The Labute approximate surface area is 256 Å². The molecule has 2 amide bonds. The minimum absolute atomic E-state index is 0.0361. The monoisotopic (exact) mass is 605 g/mol. The molecule has 9 heteroatoms. The topological polar surface area (TPSA) is 96.0 Å². The van der Waals surface area contributed by atoms with Crippen LogP contribution < -0.4 is 14.4 Å². The second-order valence-electron chi connectivity index (χ2n) is 11.3. The molecule has 230 valence electrons. The smallest absolute Gasteiger partial charge is 0.264 e. The average Bonchev–Trinajstić information content (AvgIpc) is 3.00. The van der Waals surface area contributed by atoms with Crippen molar-refractivity contribution in [1.82, 2.24) is 10.2 Å². The van der Waals surface area contributed by atoms with E-state index in [1.54, 1.807) is 24.3 Å². The van der Waals surface area contributed by atoms with E-state index in [1.165, 1.54) is 30.6 Å². The summed E-state index contributed by atoms with van der Waals surface area (Å²) in [6, 6.07) is 20.3. The van der Waals surface area contributed by atoms with Gasteiger partial charge in [-0.05, 0) is 75.1 Å². The van der Waals surface area contributed by atoms with Crippen molar-refractivity contribution >= 4 is 27.5 Å². The number of ether oxygens (including phenoxy) is 1. The number of carbonyl (C=O) groups excluding carboxylic acids is 2. The van der Waals surface area contributed by atoms with Crippen LogP contribution in [0, 0.1) is 13.8 Å². The molecule has 1 fully saturated rings. The summed E-state index contributed by atoms with van der Waals surface area (Å²) in [7, 11) is -2.63. The van der Waals surface area contributed by atoms with Gasteiger partial charge in [-0.15, -0.1) is 0 Å². The SMILES string of the molecule is CC[C@@H](C(=O)NC1CCCCC1)N(Cc1cccc(C)c1)C(=O)CN(c1ccc(C)cc1)S(=O)(=O)c1ccc(OC)cc1. The molecule has 1 atom stereocenters. The van der Waals surface area contributed by atoms with E-state index < -0.39 is 28.5 Å². The standard InChI is InChI=1S/C34H43N3O5S/c1-5-32(34(39)35-28-12-7-6-8-13-28)36(23-27-11-9-10-26(3)22-27)33(38)24-37(29-16-14-25(2)15-17-29)43(40,41)31-20-18-30(42-4)19-21-31/h9-11,14-22,28,32H,5-8,12-13,23-24H2,1-4H3,(H,35,39)/t32-/m0/s1. The highest BCUT2D eigenvalue weighted by atomic mass is 32.2. The number of aryl methyl sites for hydroxylation is 2. The van der Waals surface area contributed by atoms with E-state index >= 15 is 0 Å².